The lowest BCUT2D eigenvalue weighted by Gasteiger charge is -2.12. The zero-order valence-electron chi connectivity index (χ0n) is 18.3. The predicted molar refractivity (Wildman–Crippen MR) is 124 cm³/mol. The van der Waals surface area contributed by atoms with Gasteiger partial charge in [0, 0.05) is 11.1 Å². The number of esters is 2. The molecule has 176 valence electrons. The molecule has 0 unspecified atom stereocenters. The zero-order valence-corrected chi connectivity index (χ0v) is 19.8. The molecule has 0 aliphatic rings. The first kappa shape index (κ1) is 26.4. The maximum absolute atomic E-state index is 12.4. The zero-order chi connectivity index (χ0) is 24.4. The van der Waals surface area contributed by atoms with E-state index in [1.54, 1.807) is 0 Å². The topological polar surface area (TPSA) is 96.0 Å². The number of hydrogen-bond acceptors (Lipinski definition) is 7. The Morgan fingerprint density at radius 3 is 1.39 bits per heavy atom. The van der Waals surface area contributed by atoms with Crippen LogP contribution in [0.2, 0.25) is 0 Å². The highest BCUT2D eigenvalue weighted by molar-refractivity contribution is 6.68. The fourth-order valence-electron chi connectivity index (χ4n) is 2.76. The van der Waals surface area contributed by atoms with E-state index in [-0.39, 0.29) is 47.0 Å². The first-order valence-electron chi connectivity index (χ1n) is 10.5. The van der Waals surface area contributed by atoms with Gasteiger partial charge in [0.1, 0.15) is 11.5 Å². The van der Waals surface area contributed by atoms with Crippen LogP contribution in [0.1, 0.15) is 81.0 Å². The van der Waals surface area contributed by atoms with Crippen LogP contribution < -0.4 is 4.74 Å². The van der Waals surface area contributed by atoms with Crippen LogP contribution in [-0.2, 0) is 9.47 Å². The van der Waals surface area contributed by atoms with Crippen LogP contribution in [0.25, 0.3) is 0 Å². The number of halogens is 2. The lowest BCUT2D eigenvalue weighted by molar-refractivity contribution is 0.0489. The van der Waals surface area contributed by atoms with E-state index in [0.717, 1.165) is 12.8 Å². The van der Waals surface area contributed by atoms with Crippen molar-refractivity contribution in [2.45, 2.75) is 39.5 Å². The van der Waals surface area contributed by atoms with E-state index < -0.39 is 22.4 Å². The summed E-state index contributed by atoms with van der Waals surface area (Å²) in [7, 11) is 0. The first-order chi connectivity index (χ1) is 15.8. The summed E-state index contributed by atoms with van der Waals surface area (Å²) < 4.78 is 16.1. The average Bonchev–Trinajstić information content (AvgIpc) is 2.78. The third kappa shape index (κ3) is 7.58. The molecule has 0 saturated heterocycles. The second kappa shape index (κ2) is 13.0. The number of hydrogen-bond donors (Lipinski definition) is 0. The van der Waals surface area contributed by atoms with E-state index in [1.807, 2.05) is 13.8 Å². The van der Waals surface area contributed by atoms with Gasteiger partial charge in [0.15, 0.2) is 0 Å². The number of benzene rings is 2. The van der Waals surface area contributed by atoms with Crippen molar-refractivity contribution in [3.8, 4) is 11.5 Å². The van der Waals surface area contributed by atoms with Crippen LogP contribution in [0.15, 0.2) is 36.4 Å². The molecule has 2 aromatic carbocycles. The molecule has 7 nitrogen and oxygen atoms in total. The minimum atomic E-state index is -0.814. The van der Waals surface area contributed by atoms with Crippen LogP contribution in [0.3, 0.4) is 0 Å². The second-order valence-corrected chi connectivity index (χ2v) is 7.73. The third-order valence-corrected chi connectivity index (χ3v) is 4.95. The molecule has 0 radical (unpaired) electrons. The summed E-state index contributed by atoms with van der Waals surface area (Å²) in [6, 6.07) is 8.22. The molecule has 0 heterocycles. The van der Waals surface area contributed by atoms with Crippen molar-refractivity contribution in [2.24, 2.45) is 0 Å². The van der Waals surface area contributed by atoms with Gasteiger partial charge in [-0.1, -0.05) is 26.7 Å². The molecule has 0 aliphatic heterocycles. The van der Waals surface area contributed by atoms with Gasteiger partial charge in [-0.25, -0.2) is 9.59 Å². The van der Waals surface area contributed by atoms with Crippen molar-refractivity contribution < 1.29 is 33.4 Å². The van der Waals surface area contributed by atoms with Gasteiger partial charge in [-0.05, 0) is 72.4 Å². The quantitative estimate of drug-likeness (QED) is 0.198. The molecule has 0 saturated carbocycles. The Labute approximate surface area is 201 Å². The van der Waals surface area contributed by atoms with E-state index >= 15 is 0 Å². The highest BCUT2D eigenvalue weighted by Gasteiger charge is 2.21. The number of rotatable bonds is 12. The maximum atomic E-state index is 12.4. The van der Waals surface area contributed by atoms with Gasteiger partial charge in [0.05, 0.1) is 24.3 Å². The highest BCUT2D eigenvalue weighted by atomic mass is 35.5. The van der Waals surface area contributed by atoms with Gasteiger partial charge in [-0.3, -0.25) is 9.59 Å². The molecule has 0 atom stereocenters. The molecule has 0 aliphatic carbocycles. The summed E-state index contributed by atoms with van der Waals surface area (Å²) >= 11 is 11.2. The molecular weight excluding hydrogens is 471 g/mol. The van der Waals surface area contributed by atoms with Crippen LogP contribution in [0.5, 0.6) is 11.5 Å². The summed E-state index contributed by atoms with van der Waals surface area (Å²) in [5.74, 6) is -1.04. The largest absolute Gasteiger partial charge is 0.462 e. The first-order valence-corrected chi connectivity index (χ1v) is 11.2. The molecule has 0 spiro atoms. The summed E-state index contributed by atoms with van der Waals surface area (Å²) in [4.78, 5) is 48.3. The van der Waals surface area contributed by atoms with E-state index in [1.165, 1.54) is 36.4 Å². The van der Waals surface area contributed by atoms with Gasteiger partial charge in [0.25, 0.3) is 10.5 Å². The van der Waals surface area contributed by atoms with Crippen molar-refractivity contribution in [2.75, 3.05) is 13.2 Å². The maximum Gasteiger partial charge on any atom is 0.339 e. The SMILES string of the molecule is CCCCOC(=O)c1cc(Oc2ccc(C(=O)Cl)c(C(=O)OCCCC)c2)ccc1C(=O)Cl. The lowest BCUT2D eigenvalue weighted by atomic mass is 10.1. The van der Waals surface area contributed by atoms with E-state index in [0.29, 0.717) is 12.8 Å². The van der Waals surface area contributed by atoms with Crippen LogP contribution in [0.4, 0.5) is 0 Å². The van der Waals surface area contributed by atoms with Gasteiger partial charge in [-0.15, -0.1) is 0 Å². The monoisotopic (exact) mass is 494 g/mol. The summed E-state index contributed by atoms with van der Waals surface area (Å²) in [6.45, 7) is 4.31. The molecule has 2 rings (SSSR count). The smallest absolute Gasteiger partial charge is 0.339 e. The Morgan fingerprint density at radius 1 is 0.667 bits per heavy atom. The van der Waals surface area contributed by atoms with E-state index in [2.05, 4.69) is 0 Å². The Kier molecular flexibility index (Phi) is 10.4. The normalized spacial score (nSPS) is 10.4. The summed E-state index contributed by atoms with van der Waals surface area (Å²) in [5, 5.41) is -1.63. The number of carbonyl (C=O) groups is 4. The minimum Gasteiger partial charge on any atom is -0.462 e. The fourth-order valence-corrected chi connectivity index (χ4v) is 3.09. The van der Waals surface area contributed by atoms with E-state index in [4.69, 9.17) is 37.4 Å². The Bertz CT molecular complexity index is 952. The number of carbonyl (C=O) groups excluding carboxylic acids is 4. The van der Waals surface area contributed by atoms with Gasteiger partial charge >= 0.3 is 11.9 Å². The van der Waals surface area contributed by atoms with Crippen LogP contribution in [0, 0.1) is 0 Å². The molecule has 0 amide bonds. The average molecular weight is 495 g/mol. The Balaban J connectivity index is 2.33. The van der Waals surface area contributed by atoms with Crippen molar-refractivity contribution in [3.63, 3.8) is 0 Å². The molecule has 0 bridgehead atoms. The summed E-state index contributed by atoms with van der Waals surface area (Å²) in [5.41, 5.74) is -0.131. The molecule has 33 heavy (non-hydrogen) atoms. The third-order valence-electron chi connectivity index (χ3n) is 4.54. The van der Waals surface area contributed by atoms with Crippen molar-refractivity contribution in [3.05, 3.63) is 58.7 Å². The molecule has 2 aromatic rings. The standard InChI is InChI=1S/C24H24Cl2O7/c1-3-5-11-31-23(29)19-13-15(7-9-17(19)21(25)27)33-16-8-10-18(22(26)28)20(14-16)24(30)32-12-6-4-2/h7-10,13-14H,3-6,11-12H2,1-2H3. The molecule has 0 aromatic heterocycles. The predicted octanol–water partition coefficient (Wildman–Crippen LogP) is 6.15. The van der Waals surface area contributed by atoms with Gasteiger partial charge < -0.3 is 14.2 Å². The van der Waals surface area contributed by atoms with Crippen molar-refractivity contribution >= 4 is 45.6 Å². The van der Waals surface area contributed by atoms with Gasteiger partial charge in [0.2, 0.25) is 0 Å². The van der Waals surface area contributed by atoms with Crippen molar-refractivity contribution in [1.82, 2.24) is 0 Å². The molecular formula is C24H24Cl2O7. The molecule has 0 N–H and O–H groups in total. The Morgan fingerprint density at radius 2 is 1.06 bits per heavy atom. The number of ether oxygens (including phenoxy) is 3. The molecule has 9 heteroatoms. The minimum absolute atomic E-state index is 0.0196. The van der Waals surface area contributed by atoms with Gasteiger partial charge in [-0.2, -0.15) is 0 Å². The van der Waals surface area contributed by atoms with Crippen LogP contribution in [-0.4, -0.2) is 35.6 Å². The van der Waals surface area contributed by atoms with Crippen LogP contribution >= 0.6 is 23.2 Å². The summed E-state index contributed by atoms with van der Waals surface area (Å²) in [6.07, 6.45) is 3.02. The van der Waals surface area contributed by atoms with E-state index in [9.17, 15) is 19.2 Å². The second-order valence-electron chi connectivity index (χ2n) is 7.04. The fraction of sp³-hybridized carbons (Fsp3) is 0.333. The highest BCUT2D eigenvalue weighted by Crippen LogP contribution is 2.28. The Hall–Kier alpha value is -2.90. The van der Waals surface area contributed by atoms with Crippen molar-refractivity contribution in [1.29, 1.82) is 0 Å². The molecule has 0 fully saturated rings. The number of unbranched alkanes of at least 4 members (excludes halogenated alkanes) is 2. The lowest BCUT2D eigenvalue weighted by Crippen LogP contribution is -2.11.